The van der Waals surface area contributed by atoms with Gasteiger partial charge in [-0.2, -0.15) is 10.5 Å². The van der Waals surface area contributed by atoms with Crippen LogP contribution in [0.15, 0.2) is 36.7 Å². The van der Waals surface area contributed by atoms with Crippen molar-refractivity contribution >= 4 is 11.6 Å². The largest absolute Gasteiger partial charge is 0.324 e. The summed E-state index contributed by atoms with van der Waals surface area (Å²) in [6.07, 6.45) is 3.05. The van der Waals surface area contributed by atoms with Crippen molar-refractivity contribution in [1.82, 2.24) is 9.55 Å². The van der Waals surface area contributed by atoms with Crippen LogP contribution < -0.4 is 5.32 Å². The Hall–Kier alpha value is -3.12. The van der Waals surface area contributed by atoms with E-state index in [0.717, 1.165) is 0 Å². The lowest BCUT2D eigenvalue weighted by Crippen LogP contribution is -2.24. The highest BCUT2D eigenvalue weighted by Gasteiger charge is 2.17. The highest BCUT2D eigenvalue weighted by molar-refractivity contribution is 5.93. The van der Waals surface area contributed by atoms with Crippen LogP contribution in [0, 0.1) is 22.7 Å². The van der Waals surface area contributed by atoms with Crippen LogP contribution in [-0.4, -0.2) is 15.5 Å². The van der Waals surface area contributed by atoms with Gasteiger partial charge in [0.25, 0.3) is 0 Å². The third-order valence-electron chi connectivity index (χ3n) is 2.82. The molecule has 6 heteroatoms. The first-order valence-corrected chi connectivity index (χ1v) is 5.89. The molecule has 1 unspecified atom stereocenters. The fourth-order valence-corrected chi connectivity index (χ4v) is 1.75. The van der Waals surface area contributed by atoms with E-state index in [9.17, 15) is 4.79 Å². The Kier molecular flexibility index (Phi) is 3.78. The summed E-state index contributed by atoms with van der Waals surface area (Å²) in [7, 11) is 0. The van der Waals surface area contributed by atoms with Crippen molar-refractivity contribution in [2.24, 2.45) is 0 Å². The molecule has 2 aromatic rings. The molecule has 0 spiro atoms. The quantitative estimate of drug-likeness (QED) is 0.915. The Labute approximate surface area is 115 Å². The van der Waals surface area contributed by atoms with Crippen LogP contribution in [0.1, 0.15) is 24.4 Å². The van der Waals surface area contributed by atoms with Gasteiger partial charge in [-0.3, -0.25) is 4.79 Å². The van der Waals surface area contributed by atoms with Crippen molar-refractivity contribution in [1.29, 1.82) is 10.5 Å². The van der Waals surface area contributed by atoms with Crippen LogP contribution in [0.2, 0.25) is 0 Å². The highest BCUT2D eigenvalue weighted by atomic mass is 16.2. The second kappa shape index (κ2) is 5.68. The number of imidazole rings is 1. The van der Waals surface area contributed by atoms with E-state index in [-0.39, 0.29) is 11.7 Å². The van der Waals surface area contributed by atoms with E-state index >= 15 is 0 Å². The number of benzene rings is 1. The number of hydrogen-bond acceptors (Lipinski definition) is 4. The molecule has 1 N–H and O–H groups in total. The SMILES string of the molecule is CC(C(=O)Nc1cccc(C#N)c1)n1ccnc1C#N. The Morgan fingerprint density at radius 2 is 2.20 bits per heavy atom. The normalized spacial score (nSPS) is 11.2. The van der Waals surface area contributed by atoms with E-state index in [4.69, 9.17) is 10.5 Å². The molecule has 0 fully saturated rings. The highest BCUT2D eigenvalue weighted by Crippen LogP contribution is 2.14. The first-order chi connectivity index (χ1) is 9.65. The third kappa shape index (κ3) is 2.65. The zero-order valence-electron chi connectivity index (χ0n) is 10.7. The molecular formula is C14H11N5O. The van der Waals surface area contributed by atoms with Crippen molar-refractivity contribution in [3.8, 4) is 12.1 Å². The van der Waals surface area contributed by atoms with Gasteiger partial charge in [0, 0.05) is 18.1 Å². The Bertz CT molecular complexity index is 720. The monoisotopic (exact) mass is 265 g/mol. The van der Waals surface area contributed by atoms with Crippen molar-refractivity contribution < 1.29 is 4.79 Å². The molecule has 0 radical (unpaired) electrons. The summed E-state index contributed by atoms with van der Waals surface area (Å²) >= 11 is 0. The molecular weight excluding hydrogens is 254 g/mol. The van der Waals surface area contributed by atoms with E-state index in [0.29, 0.717) is 11.3 Å². The molecule has 98 valence electrons. The Morgan fingerprint density at radius 1 is 1.40 bits per heavy atom. The number of nitrogens with zero attached hydrogens (tertiary/aromatic N) is 4. The number of rotatable bonds is 3. The van der Waals surface area contributed by atoms with E-state index in [1.165, 1.54) is 10.8 Å². The van der Waals surface area contributed by atoms with Crippen molar-refractivity contribution in [2.75, 3.05) is 5.32 Å². The minimum atomic E-state index is -0.571. The maximum atomic E-state index is 12.1. The van der Waals surface area contributed by atoms with Gasteiger partial charge in [-0.15, -0.1) is 0 Å². The average molecular weight is 265 g/mol. The predicted molar refractivity (Wildman–Crippen MR) is 71.4 cm³/mol. The number of carbonyl (C=O) groups excluding carboxylic acids is 1. The molecule has 0 saturated carbocycles. The number of carbonyl (C=O) groups is 1. The summed E-state index contributed by atoms with van der Waals surface area (Å²) in [4.78, 5) is 16.0. The van der Waals surface area contributed by atoms with Gasteiger partial charge in [0.15, 0.2) is 0 Å². The summed E-state index contributed by atoms with van der Waals surface area (Å²) in [6, 6.07) is 9.99. The van der Waals surface area contributed by atoms with Gasteiger partial charge in [-0.25, -0.2) is 4.98 Å². The van der Waals surface area contributed by atoms with Gasteiger partial charge in [0.2, 0.25) is 11.7 Å². The average Bonchev–Trinajstić information content (AvgIpc) is 2.95. The summed E-state index contributed by atoms with van der Waals surface area (Å²) in [5.74, 6) is -0.104. The number of anilines is 1. The summed E-state index contributed by atoms with van der Waals surface area (Å²) in [6.45, 7) is 1.67. The first-order valence-electron chi connectivity index (χ1n) is 5.89. The van der Waals surface area contributed by atoms with Crippen LogP contribution in [-0.2, 0) is 4.79 Å². The fraction of sp³-hybridized carbons (Fsp3) is 0.143. The molecule has 0 aliphatic heterocycles. The van der Waals surface area contributed by atoms with Gasteiger partial charge in [0.1, 0.15) is 12.1 Å². The van der Waals surface area contributed by atoms with Crippen LogP contribution in [0.3, 0.4) is 0 Å². The first kappa shape index (κ1) is 13.3. The van der Waals surface area contributed by atoms with Crippen molar-refractivity contribution in [3.63, 3.8) is 0 Å². The summed E-state index contributed by atoms with van der Waals surface area (Å²) in [5.41, 5.74) is 1.01. The molecule has 0 bridgehead atoms. The lowest BCUT2D eigenvalue weighted by molar-refractivity contribution is -0.118. The van der Waals surface area contributed by atoms with Crippen LogP contribution in [0.25, 0.3) is 0 Å². The summed E-state index contributed by atoms with van der Waals surface area (Å²) < 4.78 is 1.49. The molecule has 0 aliphatic carbocycles. The van der Waals surface area contributed by atoms with E-state index in [1.54, 1.807) is 37.4 Å². The lowest BCUT2D eigenvalue weighted by atomic mass is 10.2. The third-order valence-corrected chi connectivity index (χ3v) is 2.82. The molecule has 1 atom stereocenters. The van der Waals surface area contributed by atoms with Gasteiger partial charge >= 0.3 is 0 Å². The molecule has 1 heterocycles. The van der Waals surface area contributed by atoms with Crippen LogP contribution in [0.5, 0.6) is 0 Å². The Balaban J connectivity index is 2.16. The number of aromatic nitrogens is 2. The number of amides is 1. The topological polar surface area (TPSA) is 94.5 Å². The van der Waals surface area contributed by atoms with Crippen LogP contribution in [0.4, 0.5) is 5.69 Å². The van der Waals surface area contributed by atoms with Gasteiger partial charge in [0.05, 0.1) is 11.6 Å². The summed E-state index contributed by atoms with van der Waals surface area (Å²) in [5, 5.41) is 20.4. The number of nitriles is 2. The van der Waals surface area contributed by atoms with Gasteiger partial charge in [-0.1, -0.05) is 6.07 Å². The van der Waals surface area contributed by atoms with Gasteiger partial charge < -0.3 is 9.88 Å². The van der Waals surface area contributed by atoms with E-state index in [2.05, 4.69) is 10.3 Å². The number of hydrogen-bond donors (Lipinski definition) is 1. The molecule has 0 aliphatic rings. The zero-order valence-corrected chi connectivity index (χ0v) is 10.7. The molecule has 6 nitrogen and oxygen atoms in total. The fourth-order valence-electron chi connectivity index (χ4n) is 1.75. The lowest BCUT2D eigenvalue weighted by Gasteiger charge is -2.14. The Morgan fingerprint density at radius 3 is 2.90 bits per heavy atom. The molecule has 1 aromatic carbocycles. The zero-order chi connectivity index (χ0) is 14.5. The second-order valence-electron chi connectivity index (χ2n) is 4.13. The second-order valence-corrected chi connectivity index (χ2v) is 4.13. The van der Waals surface area contributed by atoms with Crippen LogP contribution >= 0.6 is 0 Å². The molecule has 1 amide bonds. The van der Waals surface area contributed by atoms with Crippen molar-refractivity contribution in [3.05, 3.63) is 48.0 Å². The molecule has 20 heavy (non-hydrogen) atoms. The van der Waals surface area contributed by atoms with Crippen molar-refractivity contribution in [2.45, 2.75) is 13.0 Å². The smallest absolute Gasteiger partial charge is 0.247 e. The number of nitrogens with one attached hydrogen (secondary N) is 1. The maximum Gasteiger partial charge on any atom is 0.247 e. The van der Waals surface area contributed by atoms with E-state index < -0.39 is 6.04 Å². The predicted octanol–water partition coefficient (Wildman–Crippen LogP) is 1.83. The standard InChI is InChI=1S/C14H11N5O/c1-10(19-6-5-17-13(19)9-16)14(20)18-12-4-2-3-11(7-12)8-15/h2-7,10H,1H3,(H,18,20). The minimum absolute atomic E-state index is 0.179. The maximum absolute atomic E-state index is 12.1. The molecule has 0 saturated heterocycles. The molecule has 2 rings (SSSR count). The van der Waals surface area contributed by atoms with Gasteiger partial charge in [-0.05, 0) is 25.1 Å². The minimum Gasteiger partial charge on any atom is -0.324 e. The van der Waals surface area contributed by atoms with E-state index in [1.807, 2.05) is 12.1 Å². The molecule has 1 aromatic heterocycles.